The number of Topliss-reactive ketones (excluding diaryl/α,β-unsaturated/α-hetero) is 3. The van der Waals surface area contributed by atoms with Crippen LogP contribution in [0, 0.1) is 6.92 Å². The predicted octanol–water partition coefficient (Wildman–Crippen LogP) is 6.75. The topological polar surface area (TPSA) is 94.1 Å². The van der Waals surface area contributed by atoms with Crippen LogP contribution in [0.5, 0.6) is 0 Å². The summed E-state index contributed by atoms with van der Waals surface area (Å²) in [5.41, 5.74) is 5.13. The average molecular weight is 577 g/mol. The molecule has 0 amide bonds. The molecule has 0 N–H and O–H groups in total. The molecule has 0 unspecified atom stereocenters. The van der Waals surface area contributed by atoms with Crippen LogP contribution in [0.1, 0.15) is 80.6 Å². The van der Waals surface area contributed by atoms with Crippen molar-refractivity contribution in [2.45, 2.75) is 44.4 Å². The van der Waals surface area contributed by atoms with Crippen LogP contribution >= 0.6 is 22.7 Å². The van der Waals surface area contributed by atoms with Crippen LogP contribution in [0.15, 0.2) is 48.5 Å². The maximum absolute atomic E-state index is 12.9. The fourth-order valence-electron chi connectivity index (χ4n) is 6.39. The molecule has 3 aliphatic rings. The van der Waals surface area contributed by atoms with Crippen molar-refractivity contribution < 1.29 is 19.2 Å². The van der Waals surface area contributed by atoms with Gasteiger partial charge in [0.2, 0.25) is 17.3 Å². The number of hydrogen-bond donors (Lipinski definition) is 0. The molecular weight excluding hydrogens is 553 g/mol. The van der Waals surface area contributed by atoms with E-state index >= 15 is 0 Å². The Balaban J connectivity index is 1.36. The number of carbonyl (C=O) groups is 4. The summed E-state index contributed by atoms with van der Waals surface area (Å²) in [6, 6.07) is 14.6. The molecule has 4 aromatic rings. The SMILES string of the molecule is Cc1ccccc1/C(=C/c1nc2c(s1)-c1sc(/C=C3\C(=O)C(=O)c4ccccc43)nc1C21CCCCC1)C(=O)C=O. The Kier molecular flexibility index (Phi) is 6.14. The molecule has 0 bridgehead atoms. The zero-order valence-electron chi connectivity index (χ0n) is 22.2. The normalized spacial score (nSPS) is 18.1. The first-order valence-corrected chi connectivity index (χ1v) is 15.2. The molecule has 0 radical (unpaired) electrons. The first kappa shape index (κ1) is 25.8. The Morgan fingerprint density at radius 3 is 2.17 bits per heavy atom. The molecule has 7 rings (SSSR count). The zero-order valence-corrected chi connectivity index (χ0v) is 23.9. The van der Waals surface area contributed by atoms with E-state index < -0.39 is 17.3 Å². The number of aromatic nitrogens is 2. The summed E-state index contributed by atoms with van der Waals surface area (Å²) in [6.45, 7) is 1.92. The van der Waals surface area contributed by atoms with E-state index in [0.29, 0.717) is 38.6 Å². The summed E-state index contributed by atoms with van der Waals surface area (Å²) in [5.74, 6) is -1.55. The highest BCUT2D eigenvalue weighted by Crippen LogP contribution is 2.59. The van der Waals surface area contributed by atoms with Crippen LogP contribution < -0.4 is 0 Å². The largest absolute Gasteiger partial charge is 0.294 e. The molecule has 1 spiro atoms. The number of hydrogen-bond acceptors (Lipinski definition) is 8. The Morgan fingerprint density at radius 2 is 1.46 bits per heavy atom. The molecule has 8 heteroatoms. The lowest BCUT2D eigenvalue weighted by molar-refractivity contribution is -0.126. The van der Waals surface area contributed by atoms with Gasteiger partial charge in [-0.05, 0) is 48.6 Å². The van der Waals surface area contributed by atoms with Crippen LogP contribution in [0.2, 0.25) is 0 Å². The minimum absolute atomic E-state index is 0.316. The number of thiazole rings is 2. The van der Waals surface area contributed by atoms with Gasteiger partial charge in [0.15, 0.2) is 6.29 Å². The van der Waals surface area contributed by atoms with Gasteiger partial charge in [0.1, 0.15) is 10.0 Å². The zero-order chi connectivity index (χ0) is 28.3. The molecule has 0 atom stereocenters. The third-order valence-corrected chi connectivity index (χ3v) is 10.5. The fourth-order valence-corrected chi connectivity index (χ4v) is 8.74. The van der Waals surface area contributed by atoms with E-state index in [-0.39, 0.29) is 5.41 Å². The molecule has 2 aromatic carbocycles. The summed E-state index contributed by atoms with van der Waals surface area (Å²) < 4.78 is 0. The predicted molar refractivity (Wildman–Crippen MR) is 161 cm³/mol. The molecule has 202 valence electrons. The molecule has 41 heavy (non-hydrogen) atoms. The highest BCUT2D eigenvalue weighted by molar-refractivity contribution is 7.23. The molecule has 1 fully saturated rings. The van der Waals surface area contributed by atoms with E-state index in [9.17, 15) is 19.2 Å². The van der Waals surface area contributed by atoms with Crippen molar-refractivity contribution in [3.8, 4) is 9.75 Å². The first-order chi connectivity index (χ1) is 19.9. The Labute approximate surface area is 244 Å². The van der Waals surface area contributed by atoms with Crippen molar-refractivity contribution in [1.82, 2.24) is 9.97 Å². The van der Waals surface area contributed by atoms with Gasteiger partial charge in [-0.15, -0.1) is 22.7 Å². The molecule has 2 heterocycles. The molecule has 2 aromatic heterocycles. The van der Waals surface area contributed by atoms with Gasteiger partial charge in [-0.2, -0.15) is 0 Å². The molecule has 0 aliphatic heterocycles. The fraction of sp³-hybridized carbons (Fsp3) is 0.212. The van der Waals surface area contributed by atoms with Crippen molar-refractivity contribution in [2.75, 3.05) is 0 Å². The number of fused-ring (bicyclic) bond motifs is 6. The van der Waals surface area contributed by atoms with E-state index in [2.05, 4.69) is 0 Å². The average Bonchev–Trinajstić information content (AvgIpc) is 3.72. The van der Waals surface area contributed by atoms with Crippen LogP contribution in [-0.4, -0.2) is 33.6 Å². The van der Waals surface area contributed by atoms with Gasteiger partial charge in [-0.3, -0.25) is 19.2 Å². The smallest absolute Gasteiger partial charge is 0.234 e. The van der Waals surface area contributed by atoms with Gasteiger partial charge in [0.05, 0.1) is 26.6 Å². The van der Waals surface area contributed by atoms with E-state index in [1.54, 1.807) is 30.4 Å². The van der Waals surface area contributed by atoms with Gasteiger partial charge < -0.3 is 0 Å². The van der Waals surface area contributed by atoms with Crippen LogP contribution in [0.4, 0.5) is 0 Å². The van der Waals surface area contributed by atoms with Crippen molar-refractivity contribution in [3.63, 3.8) is 0 Å². The summed E-state index contributed by atoms with van der Waals surface area (Å²) >= 11 is 3.02. The Morgan fingerprint density at radius 1 is 0.829 bits per heavy atom. The number of nitrogens with zero attached hydrogens (tertiary/aromatic N) is 2. The van der Waals surface area contributed by atoms with E-state index in [1.165, 1.54) is 22.7 Å². The van der Waals surface area contributed by atoms with Crippen LogP contribution in [0.25, 0.3) is 33.1 Å². The van der Waals surface area contributed by atoms with Crippen molar-refractivity contribution in [1.29, 1.82) is 0 Å². The quantitative estimate of drug-likeness (QED) is 0.148. The summed E-state index contributed by atoms with van der Waals surface area (Å²) in [7, 11) is 0. The van der Waals surface area contributed by atoms with Gasteiger partial charge in [-0.25, -0.2) is 9.97 Å². The number of rotatable bonds is 5. The maximum atomic E-state index is 12.9. The third-order valence-electron chi connectivity index (χ3n) is 8.36. The van der Waals surface area contributed by atoms with Crippen molar-refractivity contribution >= 4 is 69.6 Å². The maximum Gasteiger partial charge on any atom is 0.234 e. The highest BCUT2D eigenvalue weighted by atomic mass is 32.1. The second-order valence-electron chi connectivity index (χ2n) is 10.7. The molecule has 1 saturated carbocycles. The van der Waals surface area contributed by atoms with Gasteiger partial charge >= 0.3 is 0 Å². The van der Waals surface area contributed by atoms with Crippen molar-refractivity contribution in [2.24, 2.45) is 0 Å². The molecule has 3 aliphatic carbocycles. The lowest BCUT2D eigenvalue weighted by Gasteiger charge is -2.32. The third kappa shape index (κ3) is 3.96. The minimum atomic E-state index is -0.578. The van der Waals surface area contributed by atoms with E-state index in [0.717, 1.165) is 64.4 Å². The van der Waals surface area contributed by atoms with Crippen LogP contribution in [-0.2, 0) is 19.8 Å². The number of aryl methyl sites for hydroxylation is 1. The highest BCUT2D eigenvalue weighted by Gasteiger charge is 2.49. The number of ketones is 3. The lowest BCUT2D eigenvalue weighted by Crippen LogP contribution is -2.29. The monoisotopic (exact) mass is 576 g/mol. The number of aldehydes is 1. The molecule has 6 nitrogen and oxygen atoms in total. The Hall–Kier alpha value is -4.14. The standard InChI is InChI=1S/C33H24N2O4S2/c1-18-9-3-4-10-19(18)22(24(37)17-36)15-25-34-31-29(40-25)30-32(33(31)13-7-2-8-14-33)35-26(41-30)16-23-20-11-5-6-12-21(20)27(38)28(23)39/h3-6,9-12,15-17H,2,7-8,13-14H2,1H3/b22-15-,23-16-. The lowest BCUT2D eigenvalue weighted by atomic mass is 9.72. The Bertz CT molecular complexity index is 1870. The first-order valence-electron chi connectivity index (χ1n) is 13.6. The van der Waals surface area contributed by atoms with Crippen LogP contribution in [0.3, 0.4) is 0 Å². The summed E-state index contributed by atoms with van der Waals surface area (Å²) in [6.07, 6.45) is 8.99. The number of carbonyl (C=O) groups excluding carboxylic acids is 4. The van der Waals surface area contributed by atoms with Gasteiger partial charge in [-0.1, -0.05) is 67.8 Å². The van der Waals surface area contributed by atoms with E-state index in [1.807, 2.05) is 37.3 Å². The van der Waals surface area contributed by atoms with Gasteiger partial charge in [0, 0.05) is 16.7 Å². The van der Waals surface area contributed by atoms with Crippen molar-refractivity contribution in [3.05, 3.63) is 92.2 Å². The summed E-state index contributed by atoms with van der Waals surface area (Å²) in [4.78, 5) is 61.9. The second-order valence-corrected chi connectivity index (χ2v) is 12.8. The number of benzene rings is 2. The van der Waals surface area contributed by atoms with Gasteiger partial charge in [0.25, 0.3) is 0 Å². The molecule has 0 saturated heterocycles. The second kappa shape index (κ2) is 9.75. The summed E-state index contributed by atoms with van der Waals surface area (Å²) in [5, 5.41) is 1.37. The van der Waals surface area contributed by atoms with E-state index in [4.69, 9.17) is 9.97 Å². The minimum Gasteiger partial charge on any atom is -0.294 e. The number of allylic oxidation sites excluding steroid dienone is 2. The molecular formula is C33H24N2O4S2.